The summed E-state index contributed by atoms with van der Waals surface area (Å²) in [6.45, 7) is 8.80. The van der Waals surface area contributed by atoms with Gasteiger partial charge in [-0.1, -0.05) is 13.8 Å². The van der Waals surface area contributed by atoms with Crippen LogP contribution in [0.25, 0.3) is 0 Å². The average Bonchev–Trinajstić information content (AvgIpc) is 2.36. The molecule has 0 aromatic rings. The van der Waals surface area contributed by atoms with E-state index < -0.39 is 10.0 Å². The highest BCUT2D eigenvalue weighted by molar-refractivity contribution is 7.90. The molecule has 0 aliphatic carbocycles. The molecule has 0 aromatic carbocycles. The fraction of sp³-hybridized carbons (Fsp3) is 1.00. The van der Waals surface area contributed by atoms with Gasteiger partial charge in [0.15, 0.2) is 0 Å². The second-order valence-electron chi connectivity index (χ2n) is 4.55. The van der Waals surface area contributed by atoms with E-state index in [4.69, 9.17) is 11.6 Å². The van der Waals surface area contributed by atoms with Crippen LogP contribution >= 0.6 is 11.6 Å². The fourth-order valence-electron chi connectivity index (χ4n) is 2.29. The van der Waals surface area contributed by atoms with Crippen molar-refractivity contribution in [3.63, 3.8) is 0 Å². The van der Waals surface area contributed by atoms with E-state index >= 15 is 0 Å². The van der Waals surface area contributed by atoms with Gasteiger partial charge in [0.2, 0.25) is 10.0 Å². The van der Waals surface area contributed by atoms with Gasteiger partial charge < -0.3 is 4.90 Å². The highest BCUT2D eigenvalue weighted by Gasteiger charge is 2.27. The van der Waals surface area contributed by atoms with E-state index in [1.165, 1.54) is 4.31 Å². The molecule has 102 valence electrons. The summed E-state index contributed by atoms with van der Waals surface area (Å²) in [4.78, 5) is 2.40. The molecule has 0 bridgehead atoms. The van der Waals surface area contributed by atoms with Crippen molar-refractivity contribution in [1.29, 1.82) is 0 Å². The highest BCUT2D eigenvalue weighted by Crippen LogP contribution is 2.21. The van der Waals surface area contributed by atoms with Crippen LogP contribution in [-0.2, 0) is 10.0 Å². The quantitative estimate of drug-likeness (QED) is 0.695. The van der Waals surface area contributed by atoms with E-state index in [9.17, 15) is 8.42 Å². The molecular weight excluding hydrogens is 260 g/mol. The van der Waals surface area contributed by atoms with Crippen LogP contribution in [0.5, 0.6) is 0 Å². The Morgan fingerprint density at radius 2 is 1.76 bits per heavy atom. The lowest BCUT2D eigenvalue weighted by molar-refractivity contribution is 0.194. The molecule has 1 saturated heterocycles. The van der Waals surface area contributed by atoms with Gasteiger partial charge >= 0.3 is 0 Å². The molecule has 4 nitrogen and oxygen atoms in total. The molecule has 1 aliphatic heterocycles. The van der Waals surface area contributed by atoms with E-state index in [-0.39, 0.29) is 5.21 Å². The second kappa shape index (κ2) is 6.92. The van der Waals surface area contributed by atoms with Crippen molar-refractivity contribution in [1.82, 2.24) is 9.21 Å². The maximum atomic E-state index is 11.6. The fourth-order valence-corrected chi connectivity index (χ4v) is 3.61. The lowest BCUT2D eigenvalue weighted by Crippen LogP contribution is -2.41. The number of hydrogen-bond donors (Lipinski definition) is 0. The van der Waals surface area contributed by atoms with Gasteiger partial charge in [0.05, 0.1) is 0 Å². The lowest BCUT2D eigenvalue weighted by atomic mass is 9.97. The van der Waals surface area contributed by atoms with E-state index in [0.29, 0.717) is 19.0 Å². The maximum absolute atomic E-state index is 11.6. The first-order valence-electron chi connectivity index (χ1n) is 6.29. The van der Waals surface area contributed by atoms with Gasteiger partial charge in [-0.2, -0.15) is 0 Å². The number of nitrogens with zero attached hydrogens (tertiary/aromatic N) is 2. The molecule has 0 radical (unpaired) electrons. The SMILES string of the molecule is CCN(CC)CC1CCN(S(=O)(=O)CCl)CC1. The van der Waals surface area contributed by atoms with Gasteiger partial charge in [-0.25, -0.2) is 12.7 Å². The minimum absolute atomic E-state index is 0.298. The largest absolute Gasteiger partial charge is 0.304 e. The summed E-state index contributed by atoms with van der Waals surface area (Å²) in [6.07, 6.45) is 1.90. The Labute approximate surface area is 110 Å². The molecule has 0 saturated carbocycles. The minimum atomic E-state index is -3.20. The summed E-state index contributed by atoms with van der Waals surface area (Å²) in [5.74, 6) is 0.622. The van der Waals surface area contributed by atoms with Crippen molar-refractivity contribution in [3.05, 3.63) is 0 Å². The van der Waals surface area contributed by atoms with E-state index in [1.807, 2.05) is 0 Å². The Balaban J connectivity index is 2.41. The summed E-state index contributed by atoms with van der Waals surface area (Å²) in [7, 11) is -3.20. The van der Waals surface area contributed by atoms with E-state index in [1.54, 1.807) is 0 Å². The lowest BCUT2D eigenvalue weighted by Gasteiger charge is -2.33. The molecule has 1 rings (SSSR count). The van der Waals surface area contributed by atoms with Gasteiger partial charge in [-0.3, -0.25) is 0 Å². The molecule has 1 aliphatic rings. The van der Waals surface area contributed by atoms with E-state index in [2.05, 4.69) is 18.7 Å². The molecule has 17 heavy (non-hydrogen) atoms. The first kappa shape index (κ1) is 15.2. The van der Waals surface area contributed by atoms with Gasteiger partial charge in [0.25, 0.3) is 0 Å². The Kier molecular flexibility index (Phi) is 6.20. The van der Waals surface area contributed by atoms with Crippen molar-refractivity contribution in [2.24, 2.45) is 5.92 Å². The Morgan fingerprint density at radius 3 is 2.18 bits per heavy atom. The molecule has 0 atom stereocenters. The Morgan fingerprint density at radius 1 is 1.24 bits per heavy atom. The molecule has 0 unspecified atom stereocenters. The van der Waals surface area contributed by atoms with Crippen LogP contribution in [0.2, 0.25) is 0 Å². The monoisotopic (exact) mass is 282 g/mol. The smallest absolute Gasteiger partial charge is 0.228 e. The van der Waals surface area contributed by atoms with Crippen LogP contribution in [0.15, 0.2) is 0 Å². The third-order valence-electron chi connectivity index (χ3n) is 3.52. The summed E-state index contributed by atoms with van der Waals surface area (Å²) in [5, 5.41) is -0.298. The average molecular weight is 283 g/mol. The number of sulfonamides is 1. The normalized spacial score (nSPS) is 20.0. The third-order valence-corrected chi connectivity index (χ3v) is 5.77. The highest BCUT2D eigenvalue weighted by atomic mass is 35.5. The Hall–Kier alpha value is 0.160. The van der Waals surface area contributed by atoms with Gasteiger partial charge in [0, 0.05) is 19.6 Å². The standard InChI is InChI=1S/C11H23ClN2O2S/c1-3-13(4-2)9-11-5-7-14(8-6-11)17(15,16)10-12/h11H,3-10H2,1-2H3. The molecule has 6 heteroatoms. The zero-order valence-corrected chi connectivity index (χ0v) is 12.3. The van der Waals surface area contributed by atoms with Gasteiger partial charge in [0.1, 0.15) is 5.21 Å². The van der Waals surface area contributed by atoms with Crippen LogP contribution in [0.3, 0.4) is 0 Å². The number of piperidine rings is 1. The topological polar surface area (TPSA) is 40.6 Å². The van der Waals surface area contributed by atoms with Crippen LogP contribution in [0.1, 0.15) is 26.7 Å². The number of alkyl halides is 1. The van der Waals surface area contributed by atoms with E-state index in [0.717, 1.165) is 32.5 Å². The minimum Gasteiger partial charge on any atom is -0.304 e. The zero-order valence-electron chi connectivity index (χ0n) is 10.7. The van der Waals surface area contributed by atoms with Gasteiger partial charge in [-0.15, -0.1) is 11.6 Å². The van der Waals surface area contributed by atoms with Crippen LogP contribution < -0.4 is 0 Å². The molecule has 0 amide bonds. The predicted octanol–water partition coefficient (Wildman–Crippen LogP) is 1.57. The first-order valence-corrected chi connectivity index (χ1v) is 8.44. The second-order valence-corrected chi connectivity index (χ2v) is 7.10. The van der Waals surface area contributed by atoms with Crippen molar-refractivity contribution in [3.8, 4) is 0 Å². The molecule has 1 heterocycles. The summed E-state index contributed by atoms with van der Waals surface area (Å²) >= 11 is 5.45. The Bertz CT molecular complexity index is 309. The first-order chi connectivity index (χ1) is 8.03. The molecule has 1 fully saturated rings. The van der Waals surface area contributed by atoms with Crippen molar-refractivity contribution >= 4 is 21.6 Å². The van der Waals surface area contributed by atoms with Gasteiger partial charge in [-0.05, 0) is 31.8 Å². The van der Waals surface area contributed by atoms with Crippen LogP contribution in [0.4, 0.5) is 0 Å². The van der Waals surface area contributed by atoms with Crippen molar-refractivity contribution < 1.29 is 8.42 Å². The molecule has 0 aromatic heterocycles. The summed E-state index contributed by atoms with van der Waals surface area (Å²) in [5.41, 5.74) is 0. The van der Waals surface area contributed by atoms with Crippen molar-refractivity contribution in [2.45, 2.75) is 26.7 Å². The predicted molar refractivity (Wildman–Crippen MR) is 71.7 cm³/mol. The van der Waals surface area contributed by atoms with Crippen molar-refractivity contribution in [2.75, 3.05) is 37.9 Å². The number of rotatable bonds is 6. The van der Waals surface area contributed by atoms with Crippen LogP contribution in [0, 0.1) is 5.92 Å². The number of hydrogen-bond acceptors (Lipinski definition) is 3. The third kappa shape index (κ3) is 4.39. The summed E-state index contributed by atoms with van der Waals surface area (Å²) in [6, 6.07) is 0. The molecule has 0 spiro atoms. The molecule has 0 N–H and O–H groups in total. The van der Waals surface area contributed by atoms with Crippen LogP contribution in [-0.4, -0.2) is 55.6 Å². The zero-order chi connectivity index (χ0) is 12.9. The number of halogens is 1. The molecular formula is C11H23ClN2O2S. The summed E-state index contributed by atoms with van der Waals surface area (Å²) < 4.78 is 24.7. The maximum Gasteiger partial charge on any atom is 0.228 e.